The first-order chi connectivity index (χ1) is 4.70. The van der Waals surface area contributed by atoms with Gasteiger partial charge in [-0.05, 0) is 11.3 Å². The van der Waals surface area contributed by atoms with E-state index >= 15 is 0 Å². The van der Waals surface area contributed by atoms with Crippen molar-refractivity contribution >= 4 is 18.5 Å². The molecule has 1 rings (SSSR count). The molecular formula is C7H11NOS. The lowest BCUT2D eigenvalue weighted by molar-refractivity contribution is -0.128. The second-order valence-electron chi connectivity index (χ2n) is 2.41. The van der Waals surface area contributed by atoms with E-state index in [2.05, 4.69) is 12.6 Å². The van der Waals surface area contributed by atoms with E-state index < -0.39 is 0 Å². The molecule has 2 nitrogen and oxygen atoms in total. The maximum atomic E-state index is 10.8. The summed E-state index contributed by atoms with van der Waals surface area (Å²) in [7, 11) is 0. The van der Waals surface area contributed by atoms with E-state index in [0.29, 0.717) is 0 Å². The number of hydrogen-bond acceptors (Lipinski definition) is 2. The lowest BCUT2D eigenvalue weighted by Gasteiger charge is -2.23. The van der Waals surface area contributed by atoms with Crippen molar-refractivity contribution < 1.29 is 4.79 Å². The zero-order valence-corrected chi connectivity index (χ0v) is 6.90. The van der Waals surface area contributed by atoms with Gasteiger partial charge in [0.25, 0.3) is 0 Å². The average molecular weight is 157 g/mol. The molecule has 0 radical (unpaired) electrons. The van der Waals surface area contributed by atoms with Crippen molar-refractivity contribution in [3.63, 3.8) is 0 Å². The Morgan fingerprint density at radius 2 is 2.50 bits per heavy atom. The molecule has 1 heterocycles. The van der Waals surface area contributed by atoms with Crippen LogP contribution in [0.25, 0.3) is 0 Å². The van der Waals surface area contributed by atoms with Crippen molar-refractivity contribution in [2.45, 2.75) is 13.3 Å². The van der Waals surface area contributed by atoms with Gasteiger partial charge < -0.3 is 4.90 Å². The average Bonchev–Trinajstić information content (AvgIpc) is 1.88. The van der Waals surface area contributed by atoms with E-state index in [9.17, 15) is 4.79 Å². The second-order valence-corrected chi connectivity index (χ2v) is 2.98. The third-order valence-corrected chi connectivity index (χ3v) is 2.04. The largest absolute Gasteiger partial charge is 0.339 e. The lowest BCUT2D eigenvalue weighted by atomic mass is 10.2. The number of amides is 1. The van der Waals surface area contributed by atoms with E-state index in [4.69, 9.17) is 0 Å². The summed E-state index contributed by atoms with van der Waals surface area (Å²) in [6.07, 6.45) is 2.89. The predicted octanol–water partition coefficient (Wildman–Crippen LogP) is 1.05. The Hall–Kier alpha value is -0.440. The Balaban J connectivity index is 2.50. The molecule has 0 atom stereocenters. The highest BCUT2D eigenvalue weighted by molar-refractivity contribution is 7.84. The molecule has 0 aromatic rings. The van der Waals surface area contributed by atoms with Gasteiger partial charge in [0.1, 0.15) is 0 Å². The van der Waals surface area contributed by atoms with Crippen LogP contribution in [0.2, 0.25) is 0 Å². The summed E-state index contributed by atoms with van der Waals surface area (Å²) in [5.74, 6) is 0.150. The number of rotatable bonds is 0. The van der Waals surface area contributed by atoms with Crippen molar-refractivity contribution in [3.8, 4) is 0 Å². The molecule has 1 aliphatic heterocycles. The predicted molar refractivity (Wildman–Crippen MR) is 43.9 cm³/mol. The maximum Gasteiger partial charge on any atom is 0.219 e. The van der Waals surface area contributed by atoms with Crippen LogP contribution in [-0.2, 0) is 4.79 Å². The number of carbonyl (C=O) groups excluding carboxylic acids is 1. The highest BCUT2D eigenvalue weighted by Gasteiger charge is 2.10. The first-order valence-corrected chi connectivity index (χ1v) is 3.78. The Labute approximate surface area is 66.3 Å². The van der Waals surface area contributed by atoms with Crippen LogP contribution in [0.3, 0.4) is 0 Å². The van der Waals surface area contributed by atoms with Gasteiger partial charge in [0.2, 0.25) is 5.91 Å². The van der Waals surface area contributed by atoms with Gasteiger partial charge in [-0.2, -0.15) is 0 Å². The summed E-state index contributed by atoms with van der Waals surface area (Å²) >= 11 is 4.19. The monoisotopic (exact) mass is 157 g/mol. The van der Waals surface area contributed by atoms with Crippen LogP contribution in [-0.4, -0.2) is 23.9 Å². The fourth-order valence-corrected chi connectivity index (χ4v) is 1.13. The molecule has 1 aliphatic rings. The second kappa shape index (κ2) is 3.10. The lowest BCUT2D eigenvalue weighted by Crippen LogP contribution is -2.32. The summed E-state index contributed by atoms with van der Waals surface area (Å²) in [6, 6.07) is 0. The quantitative estimate of drug-likeness (QED) is 0.521. The summed E-state index contributed by atoms with van der Waals surface area (Å²) in [5, 5.41) is 0. The van der Waals surface area contributed by atoms with Gasteiger partial charge in [-0.25, -0.2) is 0 Å². The van der Waals surface area contributed by atoms with Crippen molar-refractivity contribution in [2.75, 3.05) is 13.1 Å². The first-order valence-electron chi connectivity index (χ1n) is 3.33. The van der Waals surface area contributed by atoms with Gasteiger partial charge >= 0.3 is 0 Å². The summed E-state index contributed by atoms with van der Waals surface area (Å²) in [4.78, 5) is 13.7. The first kappa shape index (κ1) is 7.66. The van der Waals surface area contributed by atoms with E-state index in [1.165, 1.54) is 0 Å². The van der Waals surface area contributed by atoms with Crippen LogP contribution in [0.1, 0.15) is 13.3 Å². The van der Waals surface area contributed by atoms with Crippen LogP contribution in [0, 0.1) is 0 Å². The fourth-order valence-electron chi connectivity index (χ4n) is 0.944. The smallest absolute Gasteiger partial charge is 0.219 e. The molecule has 0 saturated heterocycles. The highest BCUT2D eigenvalue weighted by Crippen LogP contribution is 2.12. The van der Waals surface area contributed by atoms with Gasteiger partial charge in [0.05, 0.1) is 0 Å². The molecule has 0 spiro atoms. The van der Waals surface area contributed by atoms with Crippen molar-refractivity contribution in [3.05, 3.63) is 11.0 Å². The molecule has 0 aliphatic carbocycles. The molecule has 0 aromatic carbocycles. The normalized spacial score (nSPS) is 18.6. The molecule has 0 aromatic heterocycles. The molecule has 0 fully saturated rings. The number of hydrogen-bond donors (Lipinski definition) is 1. The minimum Gasteiger partial charge on any atom is -0.339 e. The van der Waals surface area contributed by atoms with Crippen LogP contribution in [0.15, 0.2) is 11.0 Å². The molecule has 0 bridgehead atoms. The summed E-state index contributed by atoms with van der Waals surface area (Å²) < 4.78 is 0. The van der Waals surface area contributed by atoms with Gasteiger partial charge in [-0.3, -0.25) is 4.79 Å². The molecule has 0 saturated carbocycles. The maximum absolute atomic E-state index is 10.8. The Morgan fingerprint density at radius 3 is 2.90 bits per heavy atom. The van der Waals surface area contributed by atoms with Crippen LogP contribution >= 0.6 is 12.6 Å². The van der Waals surface area contributed by atoms with Gasteiger partial charge in [0, 0.05) is 20.0 Å². The number of nitrogens with zero attached hydrogens (tertiary/aromatic N) is 1. The molecule has 3 heteroatoms. The zero-order chi connectivity index (χ0) is 7.56. The Bertz CT molecular complexity index is 176. The third-order valence-electron chi connectivity index (χ3n) is 1.63. The Morgan fingerprint density at radius 1 is 1.80 bits per heavy atom. The van der Waals surface area contributed by atoms with E-state index in [1.807, 2.05) is 6.08 Å². The molecule has 10 heavy (non-hydrogen) atoms. The van der Waals surface area contributed by atoms with Crippen LogP contribution in [0.4, 0.5) is 0 Å². The SMILES string of the molecule is CC(=O)N1CC=C(S)CC1. The third kappa shape index (κ3) is 1.77. The van der Waals surface area contributed by atoms with Gasteiger partial charge in [-0.15, -0.1) is 12.6 Å². The fraction of sp³-hybridized carbons (Fsp3) is 0.571. The van der Waals surface area contributed by atoms with Crippen LogP contribution in [0.5, 0.6) is 0 Å². The topological polar surface area (TPSA) is 20.3 Å². The summed E-state index contributed by atoms with van der Waals surface area (Å²) in [6.45, 7) is 3.15. The minimum atomic E-state index is 0.150. The van der Waals surface area contributed by atoms with Gasteiger partial charge in [-0.1, -0.05) is 6.08 Å². The van der Waals surface area contributed by atoms with E-state index in [1.54, 1.807) is 11.8 Å². The summed E-state index contributed by atoms with van der Waals surface area (Å²) in [5.41, 5.74) is 0. The molecule has 0 unspecified atom stereocenters. The van der Waals surface area contributed by atoms with E-state index in [-0.39, 0.29) is 5.91 Å². The molecule has 1 amide bonds. The molecular weight excluding hydrogens is 146 g/mol. The molecule has 56 valence electrons. The Kier molecular flexibility index (Phi) is 2.38. The van der Waals surface area contributed by atoms with Crippen molar-refractivity contribution in [1.29, 1.82) is 0 Å². The van der Waals surface area contributed by atoms with E-state index in [0.717, 1.165) is 24.4 Å². The number of thiol groups is 1. The van der Waals surface area contributed by atoms with Gasteiger partial charge in [0.15, 0.2) is 0 Å². The molecule has 0 N–H and O–H groups in total. The zero-order valence-electron chi connectivity index (χ0n) is 6.00. The number of carbonyl (C=O) groups is 1. The van der Waals surface area contributed by atoms with Crippen molar-refractivity contribution in [1.82, 2.24) is 4.90 Å². The van der Waals surface area contributed by atoms with Crippen molar-refractivity contribution in [2.24, 2.45) is 0 Å². The van der Waals surface area contributed by atoms with Crippen LogP contribution < -0.4 is 0 Å². The standard InChI is InChI=1S/C7H11NOS/c1-6(9)8-4-2-7(10)3-5-8/h2,10H,3-5H2,1H3. The highest BCUT2D eigenvalue weighted by atomic mass is 32.1. The minimum absolute atomic E-state index is 0.150.